The maximum atomic E-state index is 12.5. The summed E-state index contributed by atoms with van der Waals surface area (Å²) >= 11 is 6.95. The molecule has 1 fully saturated rings. The van der Waals surface area contributed by atoms with Crippen molar-refractivity contribution < 1.29 is 19.1 Å². The van der Waals surface area contributed by atoms with Gasteiger partial charge in [0.2, 0.25) is 0 Å². The highest BCUT2D eigenvalue weighted by Gasteiger charge is 2.36. The maximum Gasteiger partial charge on any atom is 0.325 e. The van der Waals surface area contributed by atoms with Crippen molar-refractivity contribution in [3.05, 3.63) is 69.2 Å². The molecular weight excluding hydrogens is 450 g/mol. The maximum absolute atomic E-state index is 12.5. The number of hydrogen-bond acceptors (Lipinski definition) is 6. The molecule has 5 rings (SSSR count). The summed E-state index contributed by atoms with van der Waals surface area (Å²) in [5.41, 5.74) is 4.26. The number of benzene rings is 2. The number of thioether (sulfide) groups is 1. The van der Waals surface area contributed by atoms with Gasteiger partial charge in [-0.3, -0.25) is 24.0 Å². The Morgan fingerprint density at radius 2 is 2.12 bits per heavy atom. The predicted molar refractivity (Wildman–Crippen MR) is 122 cm³/mol. The number of imide groups is 1. The molecule has 1 atom stereocenters. The van der Waals surface area contributed by atoms with E-state index in [1.165, 1.54) is 18.2 Å². The number of aryl methyl sites for hydroxylation is 1. The molecule has 0 radical (unpaired) electrons. The minimum atomic E-state index is -0.641. The molecule has 3 aromatic rings. The predicted octanol–water partition coefficient (Wildman–Crippen LogP) is 4.43. The van der Waals surface area contributed by atoms with Crippen molar-refractivity contribution in [1.82, 2.24) is 14.7 Å². The molecule has 0 bridgehead atoms. The minimum Gasteiger partial charge on any atom is -0.468 e. The van der Waals surface area contributed by atoms with Crippen molar-refractivity contribution in [2.75, 3.05) is 13.7 Å². The smallest absolute Gasteiger partial charge is 0.325 e. The number of methoxy groups -OCH3 is 1. The van der Waals surface area contributed by atoms with Gasteiger partial charge in [-0.1, -0.05) is 23.7 Å². The SMILES string of the molecule is COC(=O)CN1C(=O)SC(=Cc2ccc3c(cnn3[C@H]3CCc4cc(Cl)ccc43)c2)C1=O. The lowest BCUT2D eigenvalue weighted by Gasteiger charge is -2.14. The Kier molecular flexibility index (Phi) is 5.27. The Labute approximate surface area is 193 Å². The van der Waals surface area contributed by atoms with E-state index in [2.05, 4.69) is 15.9 Å². The number of halogens is 1. The van der Waals surface area contributed by atoms with Gasteiger partial charge >= 0.3 is 5.97 Å². The molecule has 2 aliphatic rings. The fourth-order valence-corrected chi connectivity index (χ4v) is 5.24. The summed E-state index contributed by atoms with van der Waals surface area (Å²) in [5.74, 6) is -1.14. The van der Waals surface area contributed by atoms with Crippen LogP contribution in [0, 0.1) is 0 Å². The number of fused-ring (bicyclic) bond motifs is 2. The van der Waals surface area contributed by atoms with E-state index >= 15 is 0 Å². The van der Waals surface area contributed by atoms with Gasteiger partial charge in [-0.2, -0.15) is 5.10 Å². The van der Waals surface area contributed by atoms with Gasteiger partial charge in [0.1, 0.15) is 6.54 Å². The lowest BCUT2D eigenvalue weighted by Crippen LogP contribution is -2.34. The van der Waals surface area contributed by atoms with Crippen LogP contribution in [0.3, 0.4) is 0 Å². The zero-order valence-corrected chi connectivity index (χ0v) is 18.7. The molecule has 2 amide bonds. The fraction of sp³-hybridized carbons (Fsp3) is 0.217. The van der Waals surface area contributed by atoms with Gasteiger partial charge in [-0.15, -0.1) is 0 Å². The van der Waals surface area contributed by atoms with E-state index in [4.69, 9.17) is 11.6 Å². The number of rotatable bonds is 4. The molecule has 9 heteroatoms. The number of esters is 1. The molecule has 1 aliphatic carbocycles. The first-order valence-electron chi connectivity index (χ1n) is 10.0. The van der Waals surface area contributed by atoms with Crippen LogP contribution in [0.5, 0.6) is 0 Å². The molecule has 0 N–H and O–H groups in total. The summed E-state index contributed by atoms with van der Waals surface area (Å²) in [6.07, 6.45) is 5.39. The first-order valence-corrected chi connectivity index (χ1v) is 11.2. The number of aromatic nitrogens is 2. The number of hydrogen-bond donors (Lipinski definition) is 0. The van der Waals surface area contributed by atoms with Crippen LogP contribution in [-0.2, 0) is 20.7 Å². The van der Waals surface area contributed by atoms with Gasteiger partial charge in [-0.25, -0.2) is 0 Å². The van der Waals surface area contributed by atoms with Crippen LogP contribution in [0.15, 0.2) is 47.5 Å². The van der Waals surface area contributed by atoms with E-state index in [1.54, 1.807) is 6.08 Å². The van der Waals surface area contributed by atoms with Crippen molar-refractivity contribution >= 4 is 57.5 Å². The average Bonchev–Trinajstić information content (AvgIpc) is 3.45. The zero-order valence-electron chi connectivity index (χ0n) is 17.1. The molecule has 0 saturated carbocycles. The number of carbonyl (C=O) groups excluding carboxylic acids is 3. The summed E-state index contributed by atoms with van der Waals surface area (Å²) in [6.45, 7) is -0.390. The third-order valence-electron chi connectivity index (χ3n) is 5.75. The van der Waals surface area contributed by atoms with Crippen molar-refractivity contribution in [3.63, 3.8) is 0 Å². The fourth-order valence-electron chi connectivity index (χ4n) is 4.21. The van der Waals surface area contributed by atoms with Crippen LogP contribution in [0.4, 0.5) is 4.79 Å². The second-order valence-electron chi connectivity index (χ2n) is 7.65. The van der Waals surface area contributed by atoms with E-state index in [-0.39, 0.29) is 10.9 Å². The van der Waals surface area contributed by atoms with Crippen molar-refractivity contribution in [2.24, 2.45) is 0 Å². The summed E-state index contributed by atoms with van der Waals surface area (Å²) < 4.78 is 6.58. The van der Waals surface area contributed by atoms with Crippen LogP contribution in [0.2, 0.25) is 5.02 Å². The van der Waals surface area contributed by atoms with Crippen LogP contribution in [-0.4, -0.2) is 45.5 Å². The molecule has 32 heavy (non-hydrogen) atoms. The minimum absolute atomic E-state index is 0.153. The van der Waals surface area contributed by atoms with E-state index in [1.807, 2.05) is 41.2 Å². The van der Waals surface area contributed by atoms with Crippen LogP contribution < -0.4 is 0 Å². The molecule has 1 saturated heterocycles. The summed E-state index contributed by atoms with van der Waals surface area (Å²) in [6, 6.07) is 12.0. The van der Waals surface area contributed by atoms with Gasteiger partial charge in [0.05, 0.1) is 29.8 Å². The van der Waals surface area contributed by atoms with Crippen molar-refractivity contribution in [1.29, 1.82) is 0 Å². The highest BCUT2D eigenvalue weighted by Crippen LogP contribution is 2.37. The Morgan fingerprint density at radius 1 is 1.28 bits per heavy atom. The van der Waals surface area contributed by atoms with Crippen LogP contribution in [0.25, 0.3) is 17.0 Å². The normalized spacial score (nSPS) is 19.2. The van der Waals surface area contributed by atoms with Gasteiger partial charge < -0.3 is 4.74 Å². The van der Waals surface area contributed by atoms with Crippen molar-refractivity contribution in [3.8, 4) is 0 Å². The van der Waals surface area contributed by atoms with E-state index < -0.39 is 23.7 Å². The summed E-state index contributed by atoms with van der Waals surface area (Å²) in [7, 11) is 1.21. The molecule has 0 unspecified atom stereocenters. The first-order chi connectivity index (χ1) is 15.4. The van der Waals surface area contributed by atoms with E-state index in [0.717, 1.165) is 51.0 Å². The molecule has 2 aromatic carbocycles. The second kappa shape index (κ2) is 8.11. The quantitative estimate of drug-likeness (QED) is 0.417. The molecule has 7 nitrogen and oxygen atoms in total. The summed E-state index contributed by atoms with van der Waals surface area (Å²) in [4.78, 5) is 37.3. The molecular formula is C23H18ClN3O4S. The Hall–Kier alpha value is -3.10. The standard InChI is InChI=1S/C23H18ClN3O4S/c1-31-21(28)12-26-22(29)20(32-23(26)30)9-13-2-6-18-15(8-13)11-25-27(18)19-7-3-14-10-16(24)4-5-17(14)19/h2,4-6,8-11,19H,3,7,12H2,1H3/t19-/m0/s1. The van der Waals surface area contributed by atoms with Gasteiger partial charge in [0, 0.05) is 10.4 Å². The number of nitrogens with zero attached hydrogens (tertiary/aromatic N) is 3. The molecule has 1 aromatic heterocycles. The zero-order chi connectivity index (χ0) is 22.4. The van der Waals surface area contributed by atoms with Gasteiger partial charge in [-0.05, 0) is 71.6 Å². The number of amides is 2. The van der Waals surface area contributed by atoms with Crippen LogP contribution in [0.1, 0.15) is 29.2 Å². The van der Waals surface area contributed by atoms with E-state index in [0.29, 0.717) is 0 Å². The van der Waals surface area contributed by atoms with Crippen molar-refractivity contribution in [2.45, 2.75) is 18.9 Å². The largest absolute Gasteiger partial charge is 0.468 e. The van der Waals surface area contributed by atoms with E-state index in [9.17, 15) is 14.4 Å². The monoisotopic (exact) mass is 467 g/mol. The number of carbonyl (C=O) groups is 3. The van der Waals surface area contributed by atoms with Gasteiger partial charge in [0.25, 0.3) is 11.1 Å². The molecule has 162 valence electrons. The highest BCUT2D eigenvalue weighted by atomic mass is 35.5. The Bertz CT molecular complexity index is 1320. The Balaban J connectivity index is 1.42. The lowest BCUT2D eigenvalue weighted by atomic mass is 10.1. The number of ether oxygens (including phenoxy) is 1. The first kappa shape index (κ1) is 20.8. The van der Waals surface area contributed by atoms with Crippen LogP contribution >= 0.6 is 23.4 Å². The third kappa shape index (κ3) is 3.59. The molecule has 0 spiro atoms. The lowest BCUT2D eigenvalue weighted by molar-refractivity contribution is -0.143. The average molecular weight is 468 g/mol. The highest BCUT2D eigenvalue weighted by molar-refractivity contribution is 8.18. The van der Waals surface area contributed by atoms with Gasteiger partial charge in [0.15, 0.2) is 0 Å². The second-order valence-corrected chi connectivity index (χ2v) is 9.08. The molecule has 1 aliphatic heterocycles. The molecule has 2 heterocycles. The topological polar surface area (TPSA) is 81.5 Å². The Morgan fingerprint density at radius 3 is 2.94 bits per heavy atom. The third-order valence-corrected chi connectivity index (χ3v) is 6.89. The summed E-state index contributed by atoms with van der Waals surface area (Å²) in [5, 5.41) is 5.83.